The number of hydrogen-bond acceptors (Lipinski definition) is 17. The summed E-state index contributed by atoms with van der Waals surface area (Å²) in [6.45, 7) is 0. The number of halogens is 1. The molecule has 53 heavy (non-hydrogen) atoms. The molecule has 24 heteroatoms. The first kappa shape index (κ1) is 40.1. The highest BCUT2D eigenvalue weighted by molar-refractivity contribution is 7.91. The molecule has 0 fully saturated rings. The van der Waals surface area contributed by atoms with Crippen LogP contribution in [0.1, 0.15) is 0 Å². The number of carboxylic acid groups (broad SMARTS) is 1. The van der Waals surface area contributed by atoms with Crippen LogP contribution in [0.3, 0.4) is 0 Å². The van der Waals surface area contributed by atoms with Gasteiger partial charge in [-0.25, -0.2) is 13.2 Å². The zero-order chi connectivity index (χ0) is 39.5. The number of hydrogen-bond donors (Lipinski definition) is 8. The molecule has 0 bridgehead atoms. The van der Waals surface area contributed by atoms with Gasteiger partial charge in [0.1, 0.15) is 32.7 Å². The van der Waals surface area contributed by atoms with E-state index in [9.17, 15) is 55.0 Å². The van der Waals surface area contributed by atoms with Gasteiger partial charge in [-0.1, -0.05) is 6.07 Å². The average Bonchev–Trinajstić information content (AvgIpc) is 3.07. The molecule has 0 unspecified atom stereocenters. The lowest BCUT2D eigenvalue weighted by Gasteiger charge is -2.11. The Morgan fingerprint density at radius 3 is 2.09 bits per heavy atom. The van der Waals surface area contributed by atoms with Crippen LogP contribution in [-0.4, -0.2) is 85.2 Å². The van der Waals surface area contributed by atoms with Crippen LogP contribution in [0.15, 0.2) is 107 Å². The molecule has 0 aliphatic rings. The van der Waals surface area contributed by atoms with Crippen molar-refractivity contribution in [2.45, 2.75) is 14.7 Å². The molecule has 0 aliphatic heterocycles. The number of rotatable bonds is 14. The second kappa shape index (κ2) is 15.5. The van der Waals surface area contributed by atoms with Gasteiger partial charge in [-0.15, -0.1) is 26.9 Å². The zero-order valence-corrected chi connectivity index (χ0v) is 29.7. The van der Waals surface area contributed by atoms with E-state index in [0.29, 0.717) is 0 Å². The third-order valence-corrected chi connectivity index (χ3v) is 10.7. The Hall–Kier alpha value is -5.72. The Morgan fingerprint density at radius 2 is 1.53 bits per heavy atom. The summed E-state index contributed by atoms with van der Waals surface area (Å²) in [5.74, 6) is -5.56. The molecule has 20 nitrogen and oxygen atoms in total. The molecule has 4 aromatic rings. The van der Waals surface area contributed by atoms with Crippen LogP contribution < -0.4 is 10.1 Å². The van der Waals surface area contributed by atoms with Crippen molar-refractivity contribution in [2.75, 3.05) is 24.1 Å². The monoisotopic (exact) mass is 812 g/mol. The molecule has 0 heterocycles. The number of benzene rings is 4. The van der Waals surface area contributed by atoms with Gasteiger partial charge in [-0.3, -0.25) is 14.5 Å². The van der Waals surface area contributed by atoms with E-state index < -0.39 is 96.6 Å². The van der Waals surface area contributed by atoms with E-state index in [0.717, 1.165) is 55.6 Å². The summed E-state index contributed by atoms with van der Waals surface area (Å²) in [6.07, 6.45) is 0. The maximum Gasteiger partial charge on any atom is 0.356 e. The molecule has 0 amide bonds. The number of sulfone groups is 1. The number of carboxylic acids is 1. The van der Waals surface area contributed by atoms with Gasteiger partial charge >= 0.3 is 5.97 Å². The van der Waals surface area contributed by atoms with Gasteiger partial charge in [0, 0.05) is 29.1 Å². The summed E-state index contributed by atoms with van der Waals surface area (Å²) in [7, 11) is -12.5. The van der Waals surface area contributed by atoms with E-state index in [1.807, 2.05) is 0 Å². The average molecular weight is 813 g/mol. The van der Waals surface area contributed by atoms with E-state index in [-0.39, 0.29) is 33.8 Å². The van der Waals surface area contributed by atoms with Crippen molar-refractivity contribution < 1.29 is 64.3 Å². The summed E-state index contributed by atoms with van der Waals surface area (Å²) < 4.78 is 96.4. The third-order valence-electron chi connectivity index (χ3n) is 6.87. The van der Waals surface area contributed by atoms with Gasteiger partial charge < -0.3 is 30.5 Å². The van der Waals surface area contributed by atoms with E-state index in [1.165, 1.54) is 12.1 Å². The number of aliphatic hydroxyl groups is 1. The molecule has 0 radical (unpaired) electrons. The number of alkyl halides is 1. The molecule has 0 atom stereocenters. The fourth-order valence-electron chi connectivity index (χ4n) is 4.35. The van der Waals surface area contributed by atoms with Crippen molar-refractivity contribution in [3.05, 3.63) is 72.2 Å². The first-order valence-electron chi connectivity index (χ1n) is 14.1. The number of aliphatic carboxylic acids is 1. The van der Waals surface area contributed by atoms with Gasteiger partial charge in [0.2, 0.25) is 5.88 Å². The fourth-order valence-corrected chi connectivity index (χ4v) is 7.26. The molecule has 0 saturated heterocycles. The Morgan fingerprint density at radius 1 is 0.868 bits per heavy atom. The molecular weight excluding hydrogens is 788 g/mol. The Labute approximate surface area is 304 Å². The number of fused-ring (bicyclic) bond motifs is 1. The number of ether oxygens (including phenoxy) is 1. The molecule has 4 rings (SSSR count). The second-order valence-corrected chi connectivity index (χ2v) is 15.6. The van der Waals surface area contributed by atoms with E-state index in [1.54, 1.807) is 0 Å². The Bertz CT molecular complexity index is 2580. The van der Waals surface area contributed by atoms with E-state index >= 15 is 0 Å². The third kappa shape index (κ3) is 9.21. The topological polar surface area (TPSA) is 335 Å². The van der Waals surface area contributed by atoms with Gasteiger partial charge in [0.25, 0.3) is 20.2 Å². The fraction of sp³-hybridized carbons (Fsp3) is 0.103. The van der Waals surface area contributed by atoms with Crippen molar-refractivity contribution in [1.29, 1.82) is 5.41 Å². The highest BCUT2D eigenvalue weighted by atomic mass is 35.5. The summed E-state index contributed by atoms with van der Waals surface area (Å²) in [5.41, 5.74) is -3.66. The minimum atomic E-state index is -5.10. The predicted molar refractivity (Wildman–Crippen MR) is 186 cm³/mol. The van der Waals surface area contributed by atoms with Crippen LogP contribution in [-0.2, 0) is 34.9 Å². The normalized spacial score (nSPS) is 13.0. The number of anilines is 1. The van der Waals surface area contributed by atoms with E-state index in [4.69, 9.17) is 26.3 Å². The van der Waals surface area contributed by atoms with Crippen molar-refractivity contribution in [3.8, 4) is 17.2 Å². The number of nitrogens with one attached hydrogen (secondary N) is 2. The minimum Gasteiger partial charge on any atom is -0.506 e. The lowest BCUT2D eigenvalue weighted by Crippen LogP contribution is -2.17. The van der Waals surface area contributed by atoms with Crippen LogP contribution >= 0.6 is 11.6 Å². The van der Waals surface area contributed by atoms with Gasteiger partial charge in [-0.05, 0) is 47.9 Å². The highest BCUT2D eigenvalue weighted by Crippen LogP contribution is 2.44. The molecule has 4 aromatic carbocycles. The number of aromatic hydroxyl groups is 2. The first-order valence-corrected chi connectivity index (χ1v) is 19.1. The summed E-state index contributed by atoms with van der Waals surface area (Å²) in [5, 5.41) is 66.3. The second-order valence-electron chi connectivity index (χ2n) is 10.4. The molecular formula is C29H25ClN6O14S3. The quantitative estimate of drug-likeness (QED) is 0.0266. The Balaban J connectivity index is 1.80. The summed E-state index contributed by atoms with van der Waals surface area (Å²) in [6, 6.07) is 10.3. The molecule has 0 aromatic heterocycles. The highest BCUT2D eigenvalue weighted by Gasteiger charge is 2.25. The van der Waals surface area contributed by atoms with Crippen molar-refractivity contribution >= 4 is 86.9 Å². The molecule has 0 saturated carbocycles. The smallest absolute Gasteiger partial charge is 0.356 e. The zero-order valence-electron chi connectivity index (χ0n) is 26.5. The van der Waals surface area contributed by atoms with Gasteiger partial charge in [0.05, 0.1) is 23.4 Å². The number of nitrogens with zero attached hydrogens (tertiary/aromatic N) is 4. The van der Waals surface area contributed by atoms with Crippen LogP contribution in [0.2, 0.25) is 0 Å². The molecule has 8 N–H and O–H groups in total. The van der Waals surface area contributed by atoms with Crippen LogP contribution in [0.25, 0.3) is 10.8 Å². The van der Waals surface area contributed by atoms with Crippen LogP contribution in [0.4, 0.5) is 22.7 Å². The number of phenolic OH excluding ortho intramolecular Hbond substituents is 2. The first-order chi connectivity index (χ1) is 24.7. The van der Waals surface area contributed by atoms with Gasteiger partial charge in [0.15, 0.2) is 27.0 Å². The number of carbonyl (C=O) groups is 1. The standard InChI is InChI=1S/C29H25ClN6O14S3/c1-50-21-12-19(20(37)13-22(21)51(42,43)9-8-30)34-35-25-23(53(47,48)49)10-14-2-3-16(11-18(14)27(25)38)33-36-26(24(31)29(40)41)28(39)32-15-4-6-17(7-5-15)52(44,45)46/h2-7,10-13,31-32,37-39H,8-9H2,1H3,(H,40,41)(H,44,45,46)(H,47,48,49)/b28-26-,31-24?,35-34+,36-33+. The van der Waals surface area contributed by atoms with Gasteiger partial charge in [-0.2, -0.15) is 21.9 Å². The molecule has 0 aliphatic carbocycles. The van der Waals surface area contributed by atoms with Crippen LogP contribution in [0.5, 0.6) is 17.2 Å². The van der Waals surface area contributed by atoms with Crippen LogP contribution in [0, 0.1) is 5.41 Å². The lowest BCUT2D eigenvalue weighted by molar-refractivity contribution is -0.129. The van der Waals surface area contributed by atoms with E-state index in [2.05, 4.69) is 25.8 Å². The number of aliphatic hydroxyl groups excluding tert-OH is 1. The number of methoxy groups -OCH3 is 1. The SMILES string of the molecule is COc1cc(/N=N/c2c(S(=O)(=O)O)cc3ccc(/N=N/C(C(=N)C(=O)O)=C(\O)Nc4ccc(S(=O)(=O)O)cc4)cc3c2O)c(O)cc1S(=O)(=O)CCCl. The van der Waals surface area contributed by atoms with Crippen molar-refractivity contribution in [2.24, 2.45) is 20.5 Å². The maximum atomic E-state index is 12.5. The molecule has 280 valence electrons. The summed E-state index contributed by atoms with van der Waals surface area (Å²) in [4.78, 5) is 9.72. The van der Waals surface area contributed by atoms with Crippen molar-refractivity contribution in [3.63, 3.8) is 0 Å². The largest absolute Gasteiger partial charge is 0.506 e. The number of azo groups is 2. The predicted octanol–water partition coefficient (Wildman–Crippen LogP) is 5.21. The number of phenols is 2. The maximum absolute atomic E-state index is 12.5. The summed E-state index contributed by atoms with van der Waals surface area (Å²) >= 11 is 5.56. The Kier molecular flexibility index (Phi) is 11.7. The minimum absolute atomic E-state index is 0.0155. The molecule has 0 spiro atoms. The lowest BCUT2D eigenvalue weighted by atomic mass is 10.1. The van der Waals surface area contributed by atoms with Crippen molar-refractivity contribution in [1.82, 2.24) is 0 Å².